The molecular formula is C16H24N4O3. The Kier molecular flexibility index (Phi) is 5.27. The van der Waals surface area contributed by atoms with Crippen molar-refractivity contribution in [1.29, 1.82) is 0 Å². The summed E-state index contributed by atoms with van der Waals surface area (Å²) in [7, 11) is 0. The van der Waals surface area contributed by atoms with E-state index < -0.39 is 0 Å². The second-order valence-corrected chi connectivity index (χ2v) is 6.19. The lowest BCUT2D eigenvalue weighted by Crippen LogP contribution is -2.30. The number of hydrogen-bond donors (Lipinski definition) is 2. The van der Waals surface area contributed by atoms with Crippen LogP contribution >= 0.6 is 0 Å². The number of amides is 2. The molecule has 7 heteroatoms. The first-order valence-corrected chi connectivity index (χ1v) is 8.46. The van der Waals surface area contributed by atoms with Crippen molar-refractivity contribution in [3.63, 3.8) is 0 Å². The Morgan fingerprint density at radius 3 is 3.00 bits per heavy atom. The van der Waals surface area contributed by atoms with Gasteiger partial charge in [0.25, 0.3) is 5.91 Å². The van der Waals surface area contributed by atoms with E-state index in [4.69, 9.17) is 4.42 Å². The van der Waals surface area contributed by atoms with E-state index in [1.165, 1.54) is 6.26 Å². The van der Waals surface area contributed by atoms with Gasteiger partial charge in [-0.2, -0.15) is 0 Å². The van der Waals surface area contributed by atoms with Crippen molar-refractivity contribution in [1.82, 2.24) is 20.5 Å². The van der Waals surface area contributed by atoms with E-state index in [0.717, 1.165) is 45.3 Å². The van der Waals surface area contributed by atoms with Crippen molar-refractivity contribution in [2.24, 2.45) is 0 Å². The van der Waals surface area contributed by atoms with Crippen LogP contribution in [0.2, 0.25) is 0 Å². The van der Waals surface area contributed by atoms with Gasteiger partial charge < -0.3 is 20.0 Å². The Morgan fingerprint density at radius 1 is 1.43 bits per heavy atom. The smallest absolute Gasteiger partial charge is 0.273 e. The highest BCUT2D eigenvalue weighted by Gasteiger charge is 2.22. The van der Waals surface area contributed by atoms with E-state index >= 15 is 0 Å². The molecule has 0 bridgehead atoms. The van der Waals surface area contributed by atoms with E-state index in [0.29, 0.717) is 37.0 Å². The maximum atomic E-state index is 12.1. The maximum Gasteiger partial charge on any atom is 0.273 e. The summed E-state index contributed by atoms with van der Waals surface area (Å²) in [6.07, 6.45) is 5.79. The topological polar surface area (TPSA) is 87.5 Å². The molecule has 0 aliphatic carbocycles. The summed E-state index contributed by atoms with van der Waals surface area (Å²) in [5.41, 5.74) is 0.343. The number of carbonyl (C=O) groups is 2. The molecule has 2 aliphatic rings. The zero-order chi connectivity index (χ0) is 16.1. The van der Waals surface area contributed by atoms with E-state index in [9.17, 15) is 9.59 Å². The third kappa shape index (κ3) is 4.10. The number of nitrogens with one attached hydrogen (secondary N) is 2. The molecule has 0 aromatic carbocycles. The van der Waals surface area contributed by atoms with Crippen molar-refractivity contribution < 1.29 is 14.0 Å². The Bertz CT molecular complexity index is 551. The van der Waals surface area contributed by atoms with Crippen LogP contribution in [0.15, 0.2) is 10.7 Å². The van der Waals surface area contributed by atoms with Gasteiger partial charge in [-0.1, -0.05) is 0 Å². The minimum absolute atomic E-state index is 0.207. The fraction of sp³-hybridized carbons (Fsp3) is 0.688. The lowest BCUT2D eigenvalue weighted by atomic mass is 9.98. The highest BCUT2D eigenvalue weighted by atomic mass is 16.3. The van der Waals surface area contributed by atoms with Crippen molar-refractivity contribution in [2.75, 3.05) is 32.7 Å². The Hall–Kier alpha value is -1.89. The third-order valence-corrected chi connectivity index (χ3v) is 4.50. The molecule has 0 unspecified atom stereocenters. The SMILES string of the molecule is O=C(NCCCN1CCCC1=O)c1coc(C2CCNCC2)n1. The number of rotatable bonds is 6. The van der Waals surface area contributed by atoms with Crippen LogP contribution in [-0.2, 0) is 4.79 Å². The van der Waals surface area contributed by atoms with Gasteiger partial charge >= 0.3 is 0 Å². The summed E-state index contributed by atoms with van der Waals surface area (Å²) < 4.78 is 5.47. The van der Waals surface area contributed by atoms with Crippen LogP contribution in [0, 0.1) is 0 Å². The molecule has 2 aliphatic heterocycles. The number of hydrogen-bond acceptors (Lipinski definition) is 5. The molecule has 2 saturated heterocycles. The summed E-state index contributed by atoms with van der Waals surface area (Å²) in [4.78, 5) is 29.8. The van der Waals surface area contributed by atoms with Gasteiger partial charge in [-0.05, 0) is 38.8 Å². The number of carbonyl (C=O) groups excluding carboxylic acids is 2. The average molecular weight is 320 g/mol. The van der Waals surface area contributed by atoms with Gasteiger partial charge in [-0.3, -0.25) is 9.59 Å². The Morgan fingerprint density at radius 2 is 2.26 bits per heavy atom. The quantitative estimate of drug-likeness (QED) is 0.760. The number of piperidine rings is 1. The second-order valence-electron chi connectivity index (χ2n) is 6.19. The molecular weight excluding hydrogens is 296 g/mol. The molecule has 126 valence electrons. The van der Waals surface area contributed by atoms with Crippen LogP contribution in [0.4, 0.5) is 0 Å². The standard InChI is InChI=1S/C16H24N4O3/c21-14-3-1-9-20(14)10-2-6-18-15(22)13-11-23-16(19-13)12-4-7-17-8-5-12/h11-12,17H,1-10H2,(H,18,22). The maximum absolute atomic E-state index is 12.1. The van der Waals surface area contributed by atoms with E-state index in [1.54, 1.807) is 0 Å². The number of aromatic nitrogens is 1. The first-order chi connectivity index (χ1) is 11.2. The van der Waals surface area contributed by atoms with Crippen LogP contribution in [0.3, 0.4) is 0 Å². The molecule has 2 amide bonds. The van der Waals surface area contributed by atoms with Gasteiger partial charge in [0, 0.05) is 32.0 Å². The predicted molar refractivity (Wildman–Crippen MR) is 84.1 cm³/mol. The summed E-state index contributed by atoms with van der Waals surface area (Å²) in [6, 6.07) is 0. The normalized spacial score (nSPS) is 19.3. The van der Waals surface area contributed by atoms with Gasteiger partial charge in [0.05, 0.1) is 0 Å². The van der Waals surface area contributed by atoms with Crippen LogP contribution in [0.5, 0.6) is 0 Å². The van der Waals surface area contributed by atoms with Crippen molar-refractivity contribution >= 4 is 11.8 Å². The summed E-state index contributed by atoms with van der Waals surface area (Å²) >= 11 is 0. The lowest BCUT2D eigenvalue weighted by molar-refractivity contribution is -0.127. The van der Waals surface area contributed by atoms with E-state index in [-0.39, 0.29) is 11.8 Å². The Balaban J connectivity index is 1.41. The van der Waals surface area contributed by atoms with Gasteiger partial charge in [-0.25, -0.2) is 4.98 Å². The molecule has 23 heavy (non-hydrogen) atoms. The number of oxazole rings is 1. The first-order valence-electron chi connectivity index (χ1n) is 8.46. The summed E-state index contributed by atoms with van der Waals surface area (Å²) in [5.74, 6) is 0.986. The highest BCUT2D eigenvalue weighted by molar-refractivity contribution is 5.91. The van der Waals surface area contributed by atoms with Crippen LogP contribution in [0.25, 0.3) is 0 Å². The first kappa shape index (κ1) is 16.0. The molecule has 2 N–H and O–H groups in total. The molecule has 3 rings (SSSR count). The second kappa shape index (κ2) is 7.59. The number of nitrogens with zero attached hydrogens (tertiary/aromatic N) is 2. The van der Waals surface area contributed by atoms with Crippen molar-refractivity contribution in [3.05, 3.63) is 17.8 Å². The molecule has 0 atom stereocenters. The van der Waals surface area contributed by atoms with Crippen LogP contribution in [0.1, 0.15) is 54.4 Å². The van der Waals surface area contributed by atoms with Gasteiger partial charge in [0.2, 0.25) is 5.91 Å². The molecule has 1 aromatic rings. The van der Waals surface area contributed by atoms with Gasteiger partial charge in [0.15, 0.2) is 11.6 Å². The molecule has 0 spiro atoms. The van der Waals surface area contributed by atoms with Crippen molar-refractivity contribution in [2.45, 2.75) is 38.0 Å². The fourth-order valence-corrected chi connectivity index (χ4v) is 3.15. The molecule has 3 heterocycles. The molecule has 1 aromatic heterocycles. The fourth-order valence-electron chi connectivity index (χ4n) is 3.15. The lowest BCUT2D eigenvalue weighted by Gasteiger charge is -2.19. The van der Waals surface area contributed by atoms with E-state index in [2.05, 4.69) is 15.6 Å². The highest BCUT2D eigenvalue weighted by Crippen LogP contribution is 2.24. The predicted octanol–water partition coefficient (Wildman–Crippen LogP) is 0.884. The largest absolute Gasteiger partial charge is 0.448 e. The van der Waals surface area contributed by atoms with E-state index in [1.807, 2.05) is 4.90 Å². The molecule has 7 nitrogen and oxygen atoms in total. The molecule has 0 saturated carbocycles. The number of likely N-dealkylation sites (tertiary alicyclic amines) is 1. The van der Waals surface area contributed by atoms with Gasteiger partial charge in [-0.15, -0.1) is 0 Å². The zero-order valence-corrected chi connectivity index (χ0v) is 13.3. The molecule has 0 radical (unpaired) electrons. The van der Waals surface area contributed by atoms with Crippen LogP contribution < -0.4 is 10.6 Å². The minimum Gasteiger partial charge on any atom is -0.448 e. The van der Waals surface area contributed by atoms with Gasteiger partial charge in [0.1, 0.15) is 6.26 Å². The molecule has 2 fully saturated rings. The minimum atomic E-state index is -0.207. The van der Waals surface area contributed by atoms with Crippen LogP contribution in [-0.4, -0.2) is 54.4 Å². The monoisotopic (exact) mass is 320 g/mol. The summed E-state index contributed by atoms with van der Waals surface area (Å²) in [6.45, 7) is 4.01. The third-order valence-electron chi connectivity index (χ3n) is 4.50. The average Bonchev–Trinajstić information content (AvgIpc) is 3.22. The zero-order valence-electron chi connectivity index (χ0n) is 13.3. The Labute approximate surface area is 135 Å². The van der Waals surface area contributed by atoms with Crippen molar-refractivity contribution in [3.8, 4) is 0 Å². The summed E-state index contributed by atoms with van der Waals surface area (Å²) in [5, 5.41) is 6.14.